The van der Waals surface area contributed by atoms with Crippen LogP contribution in [-0.2, 0) is 28.4 Å². The molecule has 2 N–H and O–H groups in total. The fraction of sp³-hybridized carbons (Fsp3) is 0.500. The molecule has 1 fully saturated rings. The van der Waals surface area contributed by atoms with E-state index in [9.17, 15) is 14.4 Å². The quantitative estimate of drug-likeness (QED) is 0.468. The smallest absolute Gasteiger partial charge is 0.508 e. The minimum absolute atomic E-state index is 0.0875. The van der Waals surface area contributed by atoms with Gasteiger partial charge in [-0.05, 0) is 30.5 Å². The van der Waals surface area contributed by atoms with Gasteiger partial charge in [0.05, 0.1) is 36.7 Å². The molecule has 0 radical (unpaired) electrons. The van der Waals surface area contributed by atoms with E-state index in [-0.39, 0.29) is 24.8 Å². The molecule has 2 rings (SSSR count). The number of rotatable bonds is 8. The average molecular weight is 445 g/mol. The molecule has 1 unspecified atom stereocenters. The molecule has 29 heavy (non-hydrogen) atoms. The molecule has 0 aliphatic carbocycles. The number of amides is 1. The SMILES string of the molecule is COC(=O)C1CC(=O)OB([C@H](CC(C)C)NC(=O)CNc2cc(Cl)ccc2Cl)O1. The molecular weight excluding hydrogens is 422 g/mol. The van der Waals surface area contributed by atoms with Crippen LogP contribution in [0.15, 0.2) is 18.2 Å². The van der Waals surface area contributed by atoms with E-state index in [1.807, 2.05) is 13.8 Å². The Balaban J connectivity index is 2.03. The maximum atomic E-state index is 12.5. The molecule has 11 heteroatoms. The lowest BCUT2D eigenvalue weighted by Gasteiger charge is -2.31. The highest BCUT2D eigenvalue weighted by Gasteiger charge is 2.44. The van der Waals surface area contributed by atoms with Crippen molar-refractivity contribution in [3.8, 4) is 0 Å². The predicted octanol–water partition coefficient (Wildman–Crippen LogP) is 2.47. The van der Waals surface area contributed by atoms with Crippen LogP contribution >= 0.6 is 23.2 Å². The van der Waals surface area contributed by atoms with Crippen molar-refractivity contribution in [1.82, 2.24) is 5.32 Å². The van der Waals surface area contributed by atoms with Gasteiger partial charge in [0.1, 0.15) is 0 Å². The Kier molecular flexibility index (Phi) is 8.61. The van der Waals surface area contributed by atoms with E-state index in [0.717, 1.165) is 0 Å². The van der Waals surface area contributed by atoms with Gasteiger partial charge in [0.25, 0.3) is 5.97 Å². The molecular formula is C18H23BCl2N2O6. The molecule has 0 saturated carbocycles. The number of ether oxygens (including phenoxy) is 1. The first-order valence-corrected chi connectivity index (χ1v) is 9.86. The van der Waals surface area contributed by atoms with Crippen LogP contribution in [0.4, 0.5) is 5.69 Å². The van der Waals surface area contributed by atoms with Gasteiger partial charge in [-0.1, -0.05) is 37.0 Å². The zero-order chi connectivity index (χ0) is 21.6. The van der Waals surface area contributed by atoms with E-state index in [4.69, 9.17) is 32.5 Å². The van der Waals surface area contributed by atoms with E-state index in [1.165, 1.54) is 7.11 Å². The van der Waals surface area contributed by atoms with Crippen molar-refractivity contribution in [2.45, 2.75) is 38.7 Å². The lowest BCUT2D eigenvalue weighted by atomic mass is 9.72. The third kappa shape index (κ3) is 7.10. The number of benzene rings is 1. The van der Waals surface area contributed by atoms with Crippen molar-refractivity contribution in [2.24, 2.45) is 5.92 Å². The maximum Gasteiger partial charge on any atom is 0.551 e. The van der Waals surface area contributed by atoms with Crippen LogP contribution in [0.1, 0.15) is 26.7 Å². The topological polar surface area (TPSA) is 103 Å². The van der Waals surface area contributed by atoms with Gasteiger partial charge in [-0.2, -0.15) is 0 Å². The van der Waals surface area contributed by atoms with Crippen LogP contribution in [0.5, 0.6) is 0 Å². The molecule has 1 aromatic rings. The minimum Gasteiger partial charge on any atom is -0.508 e. The van der Waals surface area contributed by atoms with E-state index >= 15 is 0 Å². The number of anilines is 1. The predicted molar refractivity (Wildman–Crippen MR) is 110 cm³/mol. The zero-order valence-electron chi connectivity index (χ0n) is 16.4. The maximum absolute atomic E-state index is 12.5. The molecule has 1 amide bonds. The Bertz CT molecular complexity index is 764. The number of hydrogen-bond acceptors (Lipinski definition) is 7. The van der Waals surface area contributed by atoms with Crippen LogP contribution in [0.3, 0.4) is 0 Å². The number of carbonyl (C=O) groups is 3. The van der Waals surface area contributed by atoms with E-state index < -0.39 is 31.1 Å². The Hall–Kier alpha value is -1.97. The summed E-state index contributed by atoms with van der Waals surface area (Å²) in [4.78, 5) is 36.1. The van der Waals surface area contributed by atoms with Gasteiger partial charge < -0.3 is 24.7 Å². The summed E-state index contributed by atoms with van der Waals surface area (Å²) in [5.41, 5.74) is 0.515. The number of halogens is 2. The molecule has 1 aliphatic heterocycles. The zero-order valence-corrected chi connectivity index (χ0v) is 17.9. The van der Waals surface area contributed by atoms with E-state index in [2.05, 4.69) is 15.4 Å². The summed E-state index contributed by atoms with van der Waals surface area (Å²) in [6.45, 7) is 3.81. The van der Waals surface area contributed by atoms with Gasteiger partial charge in [0, 0.05) is 5.02 Å². The van der Waals surface area contributed by atoms with Crippen molar-refractivity contribution in [1.29, 1.82) is 0 Å². The summed E-state index contributed by atoms with van der Waals surface area (Å²) in [6, 6.07) is 4.87. The highest BCUT2D eigenvalue weighted by molar-refractivity contribution is 6.50. The number of esters is 1. The standard InChI is InChI=1S/C18H23BCl2N2O6/c1-10(2)6-15(19-28-14(18(26)27-3)8-17(25)29-19)23-16(24)9-22-13-7-11(20)4-5-12(13)21/h4-5,7,10,14-15,22H,6,8-9H2,1-3H3,(H,23,24)/t14?,15-/m0/s1. The van der Waals surface area contributed by atoms with Gasteiger partial charge in [-0.3, -0.25) is 9.59 Å². The molecule has 1 saturated heterocycles. The molecule has 1 aromatic carbocycles. The third-order valence-corrected chi connectivity index (χ3v) is 4.69. The second-order valence-corrected chi connectivity index (χ2v) is 7.84. The fourth-order valence-electron chi connectivity index (χ4n) is 2.83. The molecule has 1 heterocycles. The average Bonchev–Trinajstić information content (AvgIpc) is 2.66. The van der Waals surface area contributed by atoms with Gasteiger partial charge in [-0.15, -0.1) is 0 Å². The highest BCUT2D eigenvalue weighted by Crippen LogP contribution is 2.25. The van der Waals surface area contributed by atoms with Crippen LogP contribution in [0.2, 0.25) is 10.0 Å². The monoisotopic (exact) mass is 444 g/mol. The van der Waals surface area contributed by atoms with Crippen molar-refractivity contribution in [3.63, 3.8) is 0 Å². The highest BCUT2D eigenvalue weighted by atomic mass is 35.5. The summed E-state index contributed by atoms with van der Waals surface area (Å²) >= 11 is 12.0. The van der Waals surface area contributed by atoms with E-state index in [0.29, 0.717) is 22.2 Å². The second-order valence-electron chi connectivity index (χ2n) is 6.99. The molecule has 0 bridgehead atoms. The summed E-state index contributed by atoms with van der Waals surface area (Å²) in [5.74, 6) is -2.11. The Morgan fingerprint density at radius 1 is 1.34 bits per heavy atom. The van der Waals surface area contributed by atoms with Crippen molar-refractivity contribution < 1.29 is 28.4 Å². The fourth-order valence-corrected chi connectivity index (χ4v) is 3.18. The Labute approximate surface area is 179 Å². The van der Waals surface area contributed by atoms with Crippen LogP contribution in [0, 0.1) is 5.92 Å². The Morgan fingerprint density at radius 3 is 2.72 bits per heavy atom. The molecule has 158 valence electrons. The molecule has 8 nitrogen and oxygen atoms in total. The van der Waals surface area contributed by atoms with Gasteiger partial charge >= 0.3 is 13.1 Å². The van der Waals surface area contributed by atoms with Crippen molar-refractivity contribution in [2.75, 3.05) is 19.0 Å². The molecule has 1 aliphatic rings. The van der Waals surface area contributed by atoms with Gasteiger partial charge in [0.2, 0.25) is 5.91 Å². The third-order valence-electron chi connectivity index (χ3n) is 4.13. The minimum atomic E-state index is -1.10. The number of carbonyl (C=O) groups excluding carboxylic acids is 3. The van der Waals surface area contributed by atoms with Crippen LogP contribution < -0.4 is 10.6 Å². The van der Waals surface area contributed by atoms with Gasteiger partial charge in [-0.25, -0.2) is 4.79 Å². The summed E-state index contributed by atoms with van der Waals surface area (Å²) in [5, 5.41) is 6.60. The first kappa shape index (κ1) is 23.3. The lowest BCUT2D eigenvalue weighted by molar-refractivity contribution is -0.159. The summed E-state index contributed by atoms with van der Waals surface area (Å²) < 4.78 is 15.5. The van der Waals surface area contributed by atoms with E-state index in [1.54, 1.807) is 18.2 Å². The first-order chi connectivity index (χ1) is 13.7. The number of methoxy groups -OCH3 is 1. The summed E-state index contributed by atoms with van der Waals surface area (Å²) in [6.07, 6.45) is -0.836. The lowest BCUT2D eigenvalue weighted by Crippen LogP contribution is -2.56. The number of hydrogen-bond donors (Lipinski definition) is 2. The van der Waals surface area contributed by atoms with Crippen LogP contribution in [0.25, 0.3) is 0 Å². The molecule has 0 spiro atoms. The molecule has 0 aromatic heterocycles. The first-order valence-electron chi connectivity index (χ1n) is 9.10. The van der Waals surface area contributed by atoms with Crippen molar-refractivity contribution in [3.05, 3.63) is 28.2 Å². The van der Waals surface area contributed by atoms with Crippen molar-refractivity contribution >= 4 is 53.9 Å². The van der Waals surface area contributed by atoms with Crippen LogP contribution in [-0.4, -0.2) is 50.7 Å². The molecule has 2 atom stereocenters. The Morgan fingerprint density at radius 2 is 2.07 bits per heavy atom. The van der Waals surface area contributed by atoms with Gasteiger partial charge in [0.15, 0.2) is 6.10 Å². The largest absolute Gasteiger partial charge is 0.551 e. The normalized spacial score (nSPS) is 17.5. The number of nitrogens with one attached hydrogen (secondary N) is 2. The summed E-state index contributed by atoms with van der Waals surface area (Å²) in [7, 11) is 0.113. The second kappa shape index (κ2) is 10.7.